The predicted molar refractivity (Wildman–Crippen MR) is 80.0 cm³/mol. The van der Waals surface area contributed by atoms with Gasteiger partial charge in [0.25, 0.3) is 5.91 Å². The fourth-order valence-electron chi connectivity index (χ4n) is 2.37. The summed E-state index contributed by atoms with van der Waals surface area (Å²) >= 11 is 0. The lowest BCUT2D eigenvalue weighted by Crippen LogP contribution is -2.54. The standard InChI is InChI=1S/C16H21NO5/c1-4-10(2)17(9-14(18)19)16(20)15-11(3)21-12-7-5-6-8-13(12)22-15/h5-8,10-11,15H,4,9H2,1-3H3,(H,18,19). The Balaban J connectivity index is 2.21. The minimum Gasteiger partial charge on any atom is -0.482 e. The topological polar surface area (TPSA) is 76.1 Å². The van der Waals surface area contributed by atoms with Crippen molar-refractivity contribution in [2.24, 2.45) is 0 Å². The molecule has 1 aromatic carbocycles. The van der Waals surface area contributed by atoms with E-state index in [-0.39, 0.29) is 18.5 Å². The number of aliphatic carboxylic acids is 1. The van der Waals surface area contributed by atoms with Gasteiger partial charge in [0.05, 0.1) is 0 Å². The van der Waals surface area contributed by atoms with Crippen molar-refractivity contribution in [3.8, 4) is 11.5 Å². The van der Waals surface area contributed by atoms with Gasteiger partial charge in [-0.2, -0.15) is 0 Å². The number of rotatable bonds is 5. The van der Waals surface area contributed by atoms with Gasteiger partial charge >= 0.3 is 5.97 Å². The number of carbonyl (C=O) groups excluding carboxylic acids is 1. The summed E-state index contributed by atoms with van der Waals surface area (Å²) < 4.78 is 11.5. The number of benzene rings is 1. The molecule has 0 saturated heterocycles. The molecule has 0 aromatic heterocycles. The molecule has 0 fully saturated rings. The molecule has 3 unspecified atom stereocenters. The minimum absolute atomic E-state index is 0.184. The number of carbonyl (C=O) groups is 2. The second kappa shape index (κ2) is 6.68. The first kappa shape index (κ1) is 16.1. The fourth-order valence-corrected chi connectivity index (χ4v) is 2.37. The maximum Gasteiger partial charge on any atom is 0.323 e. The van der Waals surface area contributed by atoms with E-state index >= 15 is 0 Å². The molecular formula is C16H21NO5. The molecule has 22 heavy (non-hydrogen) atoms. The zero-order chi connectivity index (χ0) is 16.3. The van der Waals surface area contributed by atoms with E-state index in [9.17, 15) is 9.59 Å². The first-order valence-corrected chi connectivity index (χ1v) is 7.38. The predicted octanol–water partition coefficient (Wildman–Crippen LogP) is 1.93. The van der Waals surface area contributed by atoms with Crippen LogP contribution < -0.4 is 9.47 Å². The number of para-hydroxylation sites is 2. The summed E-state index contributed by atoms with van der Waals surface area (Å²) in [6.07, 6.45) is -0.664. The lowest BCUT2D eigenvalue weighted by molar-refractivity contribution is -0.153. The largest absolute Gasteiger partial charge is 0.482 e. The number of carboxylic acid groups (broad SMARTS) is 1. The third kappa shape index (κ3) is 3.32. The summed E-state index contributed by atoms with van der Waals surface area (Å²) in [7, 11) is 0. The number of hydrogen-bond acceptors (Lipinski definition) is 4. The van der Waals surface area contributed by atoms with Gasteiger partial charge in [-0.15, -0.1) is 0 Å². The number of amides is 1. The van der Waals surface area contributed by atoms with Crippen molar-refractivity contribution in [2.45, 2.75) is 45.4 Å². The molecule has 0 aliphatic carbocycles. The van der Waals surface area contributed by atoms with Crippen molar-refractivity contribution in [1.82, 2.24) is 4.90 Å². The van der Waals surface area contributed by atoms with E-state index in [1.54, 1.807) is 25.1 Å². The molecule has 1 aliphatic heterocycles. The van der Waals surface area contributed by atoms with Crippen molar-refractivity contribution in [3.05, 3.63) is 24.3 Å². The minimum atomic E-state index is -1.04. The monoisotopic (exact) mass is 307 g/mol. The van der Waals surface area contributed by atoms with Crippen molar-refractivity contribution in [2.75, 3.05) is 6.54 Å². The van der Waals surface area contributed by atoms with Gasteiger partial charge in [-0.3, -0.25) is 9.59 Å². The lowest BCUT2D eigenvalue weighted by Gasteiger charge is -2.36. The van der Waals surface area contributed by atoms with Crippen LogP contribution in [0.1, 0.15) is 27.2 Å². The van der Waals surface area contributed by atoms with E-state index in [1.807, 2.05) is 19.9 Å². The number of fused-ring (bicyclic) bond motifs is 1. The number of nitrogens with zero attached hydrogens (tertiary/aromatic N) is 1. The molecule has 6 heteroatoms. The quantitative estimate of drug-likeness (QED) is 0.899. The Bertz CT molecular complexity index is 559. The average Bonchev–Trinajstić information content (AvgIpc) is 2.50. The van der Waals surface area contributed by atoms with E-state index in [0.717, 1.165) is 0 Å². The highest BCUT2D eigenvalue weighted by molar-refractivity contribution is 5.86. The van der Waals surface area contributed by atoms with Gasteiger partial charge in [0.15, 0.2) is 11.5 Å². The van der Waals surface area contributed by atoms with Gasteiger partial charge in [0.1, 0.15) is 12.6 Å². The van der Waals surface area contributed by atoms with Gasteiger partial charge in [-0.05, 0) is 32.4 Å². The van der Waals surface area contributed by atoms with Crippen LogP contribution in [0.2, 0.25) is 0 Å². The second-order valence-corrected chi connectivity index (χ2v) is 5.43. The first-order valence-electron chi connectivity index (χ1n) is 7.38. The average molecular weight is 307 g/mol. The highest BCUT2D eigenvalue weighted by Crippen LogP contribution is 2.34. The van der Waals surface area contributed by atoms with E-state index in [2.05, 4.69) is 0 Å². The van der Waals surface area contributed by atoms with Crippen LogP contribution in [0.25, 0.3) is 0 Å². The molecule has 1 aliphatic rings. The van der Waals surface area contributed by atoms with Gasteiger partial charge in [0.2, 0.25) is 6.10 Å². The molecule has 2 rings (SSSR count). The third-order valence-corrected chi connectivity index (χ3v) is 3.80. The van der Waals surface area contributed by atoms with Gasteiger partial charge in [-0.1, -0.05) is 19.1 Å². The SMILES string of the molecule is CCC(C)N(CC(=O)O)C(=O)C1Oc2ccccc2OC1C. The molecule has 0 spiro atoms. The number of hydrogen-bond donors (Lipinski definition) is 1. The van der Waals surface area contributed by atoms with Crippen LogP contribution in [0.15, 0.2) is 24.3 Å². The van der Waals surface area contributed by atoms with Crippen LogP contribution in [0.4, 0.5) is 0 Å². The van der Waals surface area contributed by atoms with Crippen LogP contribution >= 0.6 is 0 Å². The summed E-state index contributed by atoms with van der Waals surface area (Å²) in [5, 5.41) is 9.03. The Morgan fingerprint density at radius 3 is 2.41 bits per heavy atom. The summed E-state index contributed by atoms with van der Waals surface area (Å²) in [5.41, 5.74) is 0. The molecule has 6 nitrogen and oxygen atoms in total. The van der Waals surface area contributed by atoms with Crippen molar-refractivity contribution in [3.63, 3.8) is 0 Å². The Kier molecular flexibility index (Phi) is 4.90. The molecular weight excluding hydrogens is 286 g/mol. The summed E-state index contributed by atoms with van der Waals surface area (Å²) in [6.45, 7) is 5.13. The second-order valence-electron chi connectivity index (χ2n) is 5.43. The zero-order valence-corrected chi connectivity index (χ0v) is 13.0. The van der Waals surface area contributed by atoms with Crippen LogP contribution in [0, 0.1) is 0 Å². The summed E-state index contributed by atoms with van der Waals surface area (Å²) in [4.78, 5) is 25.1. The van der Waals surface area contributed by atoms with Crippen LogP contribution in [0.5, 0.6) is 11.5 Å². The number of ether oxygens (including phenoxy) is 2. The van der Waals surface area contributed by atoms with Crippen LogP contribution in [-0.2, 0) is 9.59 Å². The maximum atomic E-state index is 12.7. The van der Waals surface area contributed by atoms with E-state index < -0.39 is 18.2 Å². The van der Waals surface area contributed by atoms with Gasteiger partial charge in [-0.25, -0.2) is 0 Å². The number of carboxylic acids is 1. The van der Waals surface area contributed by atoms with E-state index in [0.29, 0.717) is 17.9 Å². The van der Waals surface area contributed by atoms with Crippen molar-refractivity contribution >= 4 is 11.9 Å². The molecule has 1 N–H and O–H groups in total. The molecule has 120 valence electrons. The summed E-state index contributed by atoms with van der Waals surface area (Å²) in [5.74, 6) is -0.317. The molecule has 3 atom stereocenters. The Morgan fingerprint density at radius 1 is 1.27 bits per heavy atom. The molecule has 0 radical (unpaired) electrons. The van der Waals surface area contributed by atoms with Gasteiger partial charge in [0, 0.05) is 6.04 Å². The Morgan fingerprint density at radius 2 is 1.86 bits per heavy atom. The first-order chi connectivity index (χ1) is 10.4. The molecule has 1 heterocycles. The normalized spacial score (nSPS) is 21.0. The highest BCUT2D eigenvalue weighted by Gasteiger charge is 2.38. The van der Waals surface area contributed by atoms with Crippen LogP contribution in [0.3, 0.4) is 0 Å². The lowest BCUT2D eigenvalue weighted by atomic mass is 10.1. The molecule has 1 aromatic rings. The van der Waals surface area contributed by atoms with Crippen molar-refractivity contribution < 1.29 is 24.2 Å². The van der Waals surface area contributed by atoms with Crippen LogP contribution in [-0.4, -0.2) is 46.7 Å². The van der Waals surface area contributed by atoms with Gasteiger partial charge < -0.3 is 19.5 Å². The zero-order valence-electron chi connectivity index (χ0n) is 13.0. The summed E-state index contributed by atoms with van der Waals surface area (Å²) in [6, 6.07) is 6.94. The molecule has 1 amide bonds. The Labute approximate surface area is 129 Å². The molecule has 0 saturated carbocycles. The van der Waals surface area contributed by atoms with E-state index in [1.165, 1.54) is 4.90 Å². The van der Waals surface area contributed by atoms with Crippen molar-refractivity contribution in [1.29, 1.82) is 0 Å². The van der Waals surface area contributed by atoms with E-state index in [4.69, 9.17) is 14.6 Å². The third-order valence-electron chi connectivity index (χ3n) is 3.80. The maximum absolute atomic E-state index is 12.7. The fraction of sp³-hybridized carbons (Fsp3) is 0.500. The smallest absolute Gasteiger partial charge is 0.323 e. The highest BCUT2D eigenvalue weighted by atomic mass is 16.6. The Hall–Kier alpha value is -2.24. The molecule has 0 bridgehead atoms.